The zero-order valence-corrected chi connectivity index (χ0v) is 24.3. The van der Waals surface area contributed by atoms with Crippen molar-refractivity contribution in [2.45, 2.75) is 24.3 Å². The monoisotopic (exact) mass is 615 g/mol. The number of nitrogens with one attached hydrogen (secondary N) is 1. The molecule has 226 valence electrons. The van der Waals surface area contributed by atoms with E-state index in [-0.39, 0.29) is 23.8 Å². The molecule has 0 aromatic heterocycles. The Morgan fingerprint density at radius 3 is 2.37 bits per heavy atom. The van der Waals surface area contributed by atoms with Crippen LogP contribution in [0.1, 0.15) is 27.9 Å². The topological polar surface area (TPSA) is 107 Å². The third kappa shape index (κ3) is 7.86. The second-order valence-corrected chi connectivity index (χ2v) is 10.5. The van der Waals surface area contributed by atoms with Crippen LogP contribution < -0.4 is 14.8 Å². The van der Waals surface area contributed by atoms with Gasteiger partial charge in [0.25, 0.3) is 0 Å². The molecule has 43 heavy (non-hydrogen) atoms. The highest BCUT2D eigenvalue weighted by atomic mass is 32.2. The molecule has 0 saturated carbocycles. The van der Waals surface area contributed by atoms with Crippen molar-refractivity contribution in [3.05, 3.63) is 83.4 Å². The van der Waals surface area contributed by atoms with E-state index in [2.05, 4.69) is 15.0 Å². The van der Waals surface area contributed by atoms with Gasteiger partial charge in [-0.2, -0.15) is 13.2 Å². The molecule has 2 amide bonds. The summed E-state index contributed by atoms with van der Waals surface area (Å²) < 4.78 is 55.4. The maximum absolute atomic E-state index is 13.4. The number of hydrogen-bond acceptors (Lipinski definition) is 8. The number of benzene rings is 3. The largest absolute Gasteiger partial charge is 0.493 e. The minimum Gasteiger partial charge on any atom is -0.493 e. The van der Waals surface area contributed by atoms with Gasteiger partial charge in [0, 0.05) is 18.7 Å². The van der Waals surface area contributed by atoms with E-state index in [0.29, 0.717) is 29.2 Å². The smallest absolute Gasteiger partial charge is 0.416 e. The molecular formula is C30H28F3N3O6S. The van der Waals surface area contributed by atoms with Crippen LogP contribution in [0.15, 0.2) is 71.7 Å². The van der Waals surface area contributed by atoms with Crippen LogP contribution in [0.25, 0.3) is 0 Å². The molecular weight excluding hydrogens is 587 g/mol. The van der Waals surface area contributed by atoms with Crippen LogP contribution in [-0.2, 0) is 26.9 Å². The van der Waals surface area contributed by atoms with Gasteiger partial charge in [-0.05, 0) is 66.6 Å². The molecule has 3 aromatic carbocycles. The summed E-state index contributed by atoms with van der Waals surface area (Å²) >= 11 is 0.982. The number of amidine groups is 1. The number of aliphatic imine (C=N–C) groups is 1. The maximum atomic E-state index is 13.4. The molecule has 9 nitrogen and oxygen atoms in total. The zero-order valence-electron chi connectivity index (χ0n) is 23.4. The first kappa shape index (κ1) is 31.4. The van der Waals surface area contributed by atoms with Crippen molar-refractivity contribution in [1.82, 2.24) is 4.90 Å². The van der Waals surface area contributed by atoms with E-state index in [4.69, 9.17) is 9.47 Å². The van der Waals surface area contributed by atoms with E-state index in [1.165, 1.54) is 62.6 Å². The molecule has 0 aliphatic carbocycles. The summed E-state index contributed by atoms with van der Waals surface area (Å²) in [6.07, 6.45) is -4.37. The van der Waals surface area contributed by atoms with E-state index in [1.807, 2.05) is 6.07 Å². The Hall–Kier alpha value is -4.52. The summed E-state index contributed by atoms with van der Waals surface area (Å²) in [6.45, 7) is 0.155. The summed E-state index contributed by atoms with van der Waals surface area (Å²) in [5.74, 6) is -0.397. The molecule has 4 rings (SSSR count). The van der Waals surface area contributed by atoms with Gasteiger partial charge >= 0.3 is 12.1 Å². The molecule has 13 heteroatoms. The molecule has 3 aromatic rings. The number of esters is 1. The molecule has 1 atom stereocenters. The van der Waals surface area contributed by atoms with Gasteiger partial charge in [0.1, 0.15) is 5.25 Å². The van der Waals surface area contributed by atoms with E-state index >= 15 is 0 Å². The number of thioether (sulfide) groups is 1. The van der Waals surface area contributed by atoms with Gasteiger partial charge in [-0.1, -0.05) is 23.9 Å². The van der Waals surface area contributed by atoms with E-state index in [1.54, 1.807) is 12.1 Å². The standard InChI is InChI=1S/C30H28F3N3O6S/c1-40-23-12-7-18(15-24(23)41-2)13-14-36-26(37)17-25(27(38)34-21-10-8-19(9-11-21)28(39)42-3)43-29(36)35-22-6-4-5-20(16-22)30(31,32)33/h4-12,15-16,25H,13-14,17H2,1-3H3,(H,34,38)/t25-/m1/s1. The number of rotatable bonds is 9. The average Bonchev–Trinajstić information content (AvgIpc) is 3.00. The summed E-state index contributed by atoms with van der Waals surface area (Å²) in [5.41, 5.74) is 0.606. The predicted molar refractivity (Wildman–Crippen MR) is 156 cm³/mol. The lowest BCUT2D eigenvalue weighted by atomic mass is 10.1. The molecule has 1 aliphatic heterocycles. The van der Waals surface area contributed by atoms with Crippen LogP contribution in [0, 0.1) is 0 Å². The van der Waals surface area contributed by atoms with Crippen molar-refractivity contribution in [1.29, 1.82) is 0 Å². The number of halogens is 3. The van der Waals surface area contributed by atoms with E-state index in [0.717, 1.165) is 29.5 Å². The van der Waals surface area contributed by atoms with Crippen molar-refractivity contribution < 1.29 is 41.8 Å². The van der Waals surface area contributed by atoms with Crippen LogP contribution >= 0.6 is 11.8 Å². The Morgan fingerprint density at radius 1 is 1.00 bits per heavy atom. The van der Waals surface area contributed by atoms with E-state index in [9.17, 15) is 27.6 Å². The highest BCUT2D eigenvalue weighted by molar-refractivity contribution is 8.15. The van der Waals surface area contributed by atoms with Gasteiger partial charge in [-0.15, -0.1) is 0 Å². The van der Waals surface area contributed by atoms with Gasteiger partial charge in [-0.3, -0.25) is 14.5 Å². The lowest BCUT2D eigenvalue weighted by Gasteiger charge is -2.32. The highest BCUT2D eigenvalue weighted by Crippen LogP contribution is 2.34. The predicted octanol–water partition coefficient (Wildman–Crippen LogP) is 5.71. The van der Waals surface area contributed by atoms with Gasteiger partial charge in [0.05, 0.1) is 38.1 Å². The fraction of sp³-hybridized carbons (Fsp3) is 0.267. The Kier molecular flexibility index (Phi) is 9.96. The molecule has 0 bridgehead atoms. The Bertz CT molecular complexity index is 1530. The van der Waals surface area contributed by atoms with Crippen molar-refractivity contribution in [3.63, 3.8) is 0 Å². The minimum atomic E-state index is -4.58. The fourth-order valence-corrected chi connectivity index (χ4v) is 5.36. The van der Waals surface area contributed by atoms with Crippen molar-refractivity contribution in [3.8, 4) is 11.5 Å². The van der Waals surface area contributed by atoms with Crippen molar-refractivity contribution >= 4 is 46.1 Å². The van der Waals surface area contributed by atoms with Crippen LogP contribution in [0.5, 0.6) is 11.5 Å². The number of carbonyl (C=O) groups excluding carboxylic acids is 3. The minimum absolute atomic E-state index is 0.0132. The fourth-order valence-electron chi connectivity index (χ4n) is 4.23. The van der Waals surface area contributed by atoms with E-state index < -0.39 is 34.8 Å². The van der Waals surface area contributed by atoms with Gasteiger partial charge in [0.2, 0.25) is 11.8 Å². The van der Waals surface area contributed by atoms with Gasteiger partial charge in [0.15, 0.2) is 16.7 Å². The highest BCUT2D eigenvalue weighted by Gasteiger charge is 2.36. The number of methoxy groups -OCH3 is 3. The third-order valence-electron chi connectivity index (χ3n) is 6.48. The second kappa shape index (κ2) is 13.6. The Labute approximate surface area is 250 Å². The Balaban J connectivity index is 1.58. The van der Waals surface area contributed by atoms with Crippen LogP contribution in [0.3, 0.4) is 0 Å². The number of ether oxygens (including phenoxy) is 3. The lowest BCUT2D eigenvalue weighted by molar-refractivity contribution is -0.137. The molecule has 1 aliphatic rings. The number of alkyl halides is 3. The molecule has 0 spiro atoms. The normalized spacial score (nSPS) is 16.1. The Morgan fingerprint density at radius 2 is 1.72 bits per heavy atom. The van der Waals surface area contributed by atoms with Crippen LogP contribution in [-0.4, -0.2) is 61.0 Å². The van der Waals surface area contributed by atoms with Crippen molar-refractivity contribution in [2.75, 3.05) is 33.2 Å². The van der Waals surface area contributed by atoms with Gasteiger partial charge < -0.3 is 19.5 Å². The van der Waals surface area contributed by atoms with Gasteiger partial charge in [-0.25, -0.2) is 9.79 Å². The zero-order chi connectivity index (χ0) is 31.1. The van der Waals surface area contributed by atoms with Crippen molar-refractivity contribution in [2.24, 2.45) is 4.99 Å². The summed E-state index contributed by atoms with van der Waals surface area (Å²) in [6, 6.07) is 15.8. The maximum Gasteiger partial charge on any atom is 0.416 e. The number of amides is 2. The molecule has 0 unspecified atom stereocenters. The SMILES string of the molecule is COC(=O)c1ccc(NC(=O)[C@H]2CC(=O)N(CCc3ccc(OC)c(OC)c3)C(=Nc3cccc(C(F)(F)F)c3)S2)cc1. The second-order valence-electron chi connectivity index (χ2n) is 9.30. The lowest BCUT2D eigenvalue weighted by Crippen LogP contribution is -2.46. The summed E-state index contributed by atoms with van der Waals surface area (Å²) in [4.78, 5) is 44.0. The third-order valence-corrected chi connectivity index (χ3v) is 7.66. The first-order valence-corrected chi connectivity index (χ1v) is 13.8. The number of carbonyl (C=O) groups is 3. The molecule has 1 saturated heterocycles. The molecule has 0 radical (unpaired) electrons. The number of anilines is 1. The summed E-state index contributed by atoms with van der Waals surface area (Å²) in [7, 11) is 4.28. The van der Waals surface area contributed by atoms with Crippen LogP contribution in [0.4, 0.5) is 24.5 Å². The number of hydrogen-bond donors (Lipinski definition) is 1. The average molecular weight is 616 g/mol. The number of nitrogens with zero attached hydrogens (tertiary/aromatic N) is 2. The summed E-state index contributed by atoms with van der Waals surface area (Å²) in [5, 5.41) is 1.90. The molecule has 1 heterocycles. The quantitative estimate of drug-likeness (QED) is 0.307. The first-order valence-electron chi connectivity index (χ1n) is 13.0. The molecule has 1 N–H and O–H groups in total. The first-order chi connectivity index (χ1) is 20.5. The van der Waals surface area contributed by atoms with Crippen LogP contribution in [0.2, 0.25) is 0 Å². The molecule has 1 fully saturated rings.